The summed E-state index contributed by atoms with van der Waals surface area (Å²) in [7, 11) is 5.57. The molecule has 0 fully saturated rings. The lowest BCUT2D eigenvalue weighted by atomic mass is 10.1. The van der Waals surface area contributed by atoms with Gasteiger partial charge in [-0.15, -0.1) is 0 Å². The summed E-state index contributed by atoms with van der Waals surface area (Å²) in [5.74, 6) is 0.892. The molecule has 1 amide bonds. The maximum Gasteiger partial charge on any atom is 0.254 e. The summed E-state index contributed by atoms with van der Waals surface area (Å²) in [5.41, 5.74) is 3.48. The van der Waals surface area contributed by atoms with Gasteiger partial charge in [-0.2, -0.15) is 0 Å². The van der Waals surface area contributed by atoms with E-state index in [1.807, 2.05) is 12.1 Å². The van der Waals surface area contributed by atoms with Crippen LogP contribution in [0.1, 0.15) is 21.5 Å². The fourth-order valence-corrected chi connectivity index (χ4v) is 2.98. The molecular formula is C18H21N3O. The fourth-order valence-electron chi connectivity index (χ4n) is 2.98. The van der Waals surface area contributed by atoms with Gasteiger partial charge in [-0.25, -0.2) is 4.98 Å². The van der Waals surface area contributed by atoms with Crippen molar-refractivity contribution >= 4 is 11.7 Å². The third-order valence-electron chi connectivity index (χ3n) is 4.34. The van der Waals surface area contributed by atoms with E-state index in [-0.39, 0.29) is 5.91 Å². The number of hydrogen-bond acceptors (Lipinski definition) is 3. The second-order valence-corrected chi connectivity index (χ2v) is 6.05. The first kappa shape index (κ1) is 14.6. The zero-order valence-corrected chi connectivity index (χ0v) is 13.3. The summed E-state index contributed by atoms with van der Waals surface area (Å²) in [6.07, 6.45) is 3.76. The minimum atomic E-state index is -0.0185. The second kappa shape index (κ2) is 5.79. The van der Waals surface area contributed by atoms with Crippen LogP contribution in [0.3, 0.4) is 0 Å². The lowest BCUT2D eigenvalue weighted by Gasteiger charge is -2.25. The lowest BCUT2D eigenvalue weighted by molar-refractivity contribution is 0.0827. The van der Waals surface area contributed by atoms with E-state index >= 15 is 0 Å². The SMILES string of the molecule is CN(C)C(=O)c1ccc(N(C)C2Cc3ccccc3C2)nc1. The molecule has 114 valence electrons. The normalized spacial score (nSPS) is 13.8. The smallest absolute Gasteiger partial charge is 0.254 e. The molecule has 0 unspecified atom stereocenters. The number of amides is 1. The molecular weight excluding hydrogens is 274 g/mol. The van der Waals surface area contributed by atoms with Crippen molar-refractivity contribution in [2.24, 2.45) is 0 Å². The Balaban J connectivity index is 1.74. The molecule has 22 heavy (non-hydrogen) atoms. The van der Waals surface area contributed by atoms with Crippen LogP contribution in [0.4, 0.5) is 5.82 Å². The van der Waals surface area contributed by atoms with Gasteiger partial charge in [0.15, 0.2) is 0 Å². The molecule has 0 radical (unpaired) electrons. The van der Waals surface area contributed by atoms with Crippen molar-refractivity contribution < 1.29 is 4.79 Å². The average molecular weight is 295 g/mol. The number of benzene rings is 1. The summed E-state index contributed by atoms with van der Waals surface area (Å²) < 4.78 is 0. The molecule has 1 aromatic heterocycles. The summed E-state index contributed by atoms with van der Waals surface area (Å²) in [6, 6.07) is 12.8. The van der Waals surface area contributed by atoms with E-state index in [0.29, 0.717) is 11.6 Å². The van der Waals surface area contributed by atoms with Gasteiger partial charge in [0.25, 0.3) is 5.91 Å². The first-order chi connectivity index (χ1) is 10.6. The number of nitrogens with zero attached hydrogens (tertiary/aromatic N) is 3. The molecule has 0 saturated heterocycles. The Hall–Kier alpha value is -2.36. The lowest BCUT2D eigenvalue weighted by Crippen LogP contribution is -2.32. The van der Waals surface area contributed by atoms with Crippen LogP contribution in [0.2, 0.25) is 0 Å². The Bertz CT molecular complexity index is 654. The molecule has 3 rings (SSSR count). The van der Waals surface area contributed by atoms with Crippen LogP contribution in [0.5, 0.6) is 0 Å². The Kier molecular flexibility index (Phi) is 3.84. The maximum atomic E-state index is 11.9. The highest BCUT2D eigenvalue weighted by molar-refractivity contribution is 5.93. The van der Waals surface area contributed by atoms with Crippen molar-refractivity contribution in [2.75, 3.05) is 26.0 Å². The second-order valence-electron chi connectivity index (χ2n) is 6.05. The highest BCUT2D eigenvalue weighted by atomic mass is 16.2. The van der Waals surface area contributed by atoms with E-state index in [9.17, 15) is 4.79 Å². The number of likely N-dealkylation sites (N-methyl/N-ethyl adjacent to an activating group) is 1. The number of hydrogen-bond donors (Lipinski definition) is 0. The predicted octanol–water partition coefficient (Wildman–Crippen LogP) is 2.39. The van der Waals surface area contributed by atoms with Gasteiger partial charge in [0.2, 0.25) is 0 Å². The molecule has 0 spiro atoms. The number of pyridine rings is 1. The Morgan fingerprint density at radius 2 is 1.68 bits per heavy atom. The number of fused-ring (bicyclic) bond motifs is 1. The first-order valence-corrected chi connectivity index (χ1v) is 7.53. The van der Waals surface area contributed by atoms with Crippen LogP contribution in [-0.2, 0) is 12.8 Å². The van der Waals surface area contributed by atoms with E-state index in [2.05, 4.69) is 41.2 Å². The highest BCUT2D eigenvalue weighted by Crippen LogP contribution is 2.27. The fraction of sp³-hybridized carbons (Fsp3) is 0.333. The van der Waals surface area contributed by atoms with Crippen molar-refractivity contribution in [1.82, 2.24) is 9.88 Å². The van der Waals surface area contributed by atoms with Crippen molar-refractivity contribution in [2.45, 2.75) is 18.9 Å². The van der Waals surface area contributed by atoms with Gasteiger partial charge in [0.1, 0.15) is 5.82 Å². The van der Waals surface area contributed by atoms with Crippen LogP contribution in [0.15, 0.2) is 42.6 Å². The topological polar surface area (TPSA) is 36.4 Å². The Labute approximate surface area is 131 Å². The minimum Gasteiger partial charge on any atom is -0.356 e. The molecule has 0 atom stereocenters. The van der Waals surface area contributed by atoms with Crippen LogP contribution in [0.25, 0.3) is 0 Å². The van der Waals surface area contributed by atoms with Gasteiger partial charge in [0.05, 0.1) is 5.56 Å². The van der Waals surface area contributed by atoms with E-state index in [1.165, 1.54) is 11.1 Å². The molecule has 1 aromatic carbocycles. The van der Waals surface area contributed by atoms with Crippen LogP contribution in [-0.4, -0.2) is 43.0 Å². The third-order valence-corrected chi connectivity index (χ3v) is 4.34. The summed E-state index contributed by atoms with van der Waals surface area (Å²) in [5, 5.41) is 0. The van der Waals surface area contributed by atoms with Crippen molar-refractivity contribution in [3.05, 3.63) is 59.3 Å². The molecule has 4 heteroatoms. The molecule has 0 aliphatic heterocycles. The summed E-state index contributed by atoms with van der Waals surface area (Å²) >= 11 is 0. The number of carbonyl (C=O) groups is 1. The predicted molar refractivity (Wildman–Crippen MR) is 88.3 cm³/mol. The quantitative estimate of drug-likeness (QED) is 0.872. The number of carbonyl (C=O) groups excluding carboxylic acids is 1. The van der Waals surface area contributed by atoms with Gasteiger partial charge in [-0.3, -0.25) is 4.79 Å². The molecule has 2 aromatic rings. The van der Waals surface area contributed by atoms with Crippen LogP contribution < -0.4 is 4.90 Å². The van der Waals surface area contributed by atoms with Crippen molar-refractivity contribution in [3.8, 4) is 0 Å². The molecule has 4 nitrogen and oxygen atoms in total. The van der Waals surface area contributed by atoms with E-state index in [4.69, 9.17) is 0 Å². The first-order valence-electron chi connectivity index (χ1n) is 7.53. The Morgan fingerprint density at radius 1 is 1.05 bits per heavy atom. The van der Waals surface area contributed by atoms with Crippen LogP contribution >= 0.6 is 0 Å². The van der Waals surface area contributed by atoms with Gasteiger partial charge in [-0.1, -0.05) is 24.3 Å². The number of aromatic nitrogens is 1. The average Bonchev–Trinajstić information content (AvgIpc) is 2.97. The molecule has 1 heterocycles. The molecule has 0 N–H and O–H groups in total. The largest absolute Gasteiger partial charge is 0.356 e. The standard InChI is InChI=1S/C18H21N3O/c1-20(2)18(22)15-8-9-17(19-12-15)21(3)16-10-13-6-4-5-7-14(13)11-16/h4-9,12,16H,10-11H2,1-3H3. The Morgan fingerprint density at radius 3 is 2.18 bits per heavy atom. The van der Waals surface area contributed by atoms with Gasteiger partial charge >= 0.3 is 0 Å². The molecule has 0 bridgehead atoms. The van der Waals surface area contributed by atoms with Gasteiger partial charge < -0.3 is 9.80 Å². The molecule has 1 aliphatic carbocycles. The van der Waals surface area contributed by atoms with Gasteiger partial charge in [0, 0.05) is 33.4 Å². The van der Waals surface area contributed by atoms with E-state index in [1.54, 1.807) is 25.2 Å². The highest BCUT2D eigenvalue weighted by Gasteiger charge is 2.25. The third kappa shape index (κ3) is 2.69. The van der Waals surface area contributed by atoms with Crippen molar-refractivity contribution in [1.29, 1.82) is 0 Å². The minimum absolute atomic E-state index is 0.0185. The summed E-state index contributed by atoms with van der Waals surface area (Å²) in [4.78, 5) is 20.1. The zero-order chi connectivity index (χ0) is 15.7. The summed E-state index contributed by atoms with van der Waals surface area (Å²) in [6.45, 7) is 0. The molecule has 1 aliphatic rings. The monoisotopic (exact) mass is 295 g/mol. The van der Waals surface area contributed by atoms with Crippen molar-refractivity contribution in [3.63, 3.8) is 0 Å². The van der Waals surface area contributed by atoms with Gasteiger partial charge in [-0.05, 0) is 36.1 Å². The number of rotatable bonds is 3. The van der Waals surface area contributed by atoms with E-state index in [0.717, 1.165) is 18.7 Å². The van der Waals surface area contributed by atoms with Crippen LogP contribution in [0, 0.1) is 0 Å². The number of anilines is 1. The van der Waals surface area contributed by atoms with E-state index < -0.39 is 0 Å². The zero-order valence-electron chi connectivity index (χ0n) is 13.3. The molecule has 0 saturated carbocycles. The maximum absolute atomic E-state index is 11.9.